The summed E-state index contributed by atoms with van der Waals surface area (Å²) in [7, 11) is 0. The number of rotatable bonds is 7. The van der Waals surface area contributed by atoms with Gasteiger partial charge in [-0.1, -0.05) is 24.6 Å². The Kier molecular flexibility index (Phi) is 5.14. The van der Waals surface area contributed by atoms with Gasteiger partial charge in [0.2, 0.25) is 0 Å². The van der Waals surface area contributed by atoms with Crippen molar-refractivity contribution in [3.05, 3.63) is 48.0 Å². The van der Waals surface area contributed by atoms with Crippen molar-refractivity contribution >= 4 is 11.9 Å². The molecule has 0 aromatic heterocycles. The van der Waals surface area contributed by atoms with Crippen LogP contribution in [0.15, 0.2) is 36.9 Å². The van der Waals surface area contributed by atoms with Gasteiger partial charge >= 0.3 is 5.97 Å². The number of amides is 1. The van der Waals surface area contributed by atoms with Crippen LogP contribution in [0, 0.1) is 0 Å². The third-order valence-electron chi connectivity index (χ3n) is 4.01. The SMILES string of the molecule is C=CCCC(NC(=O)c1ccc(C2CCC2)cc1)C(=O)O. The zero-order valence-corrected chi connectivity index (χ0v) is 12.0. The molecule has 1 fully saturated rings. The summed E-state index contributed by atoms with van der Waals surface area (Å²) in [6, 6.07) is 6.61. The highest BCUT2D eigenvalue weighted by atomic mass is 16.4. The molecule has 1 aliphatic carbocycles. The van der Waals surface area contributed by atoms with Gasteiger partial charge in [-0.3, -0.25) is 4.79 Å². The van der Waals surface area contributed by atoms with E-state index in [-0.39, 0.29) is 5.91 Å². The minimum absolute atomic E-state index is 0.341. The Hall–Kier alpha value is -2.10. The van der Waals surface area contributed by atoms with Gasteiger partial charge in [0, 0.05) is 5.56 Å². The molecule has 1 saturated carbocycles. The number of benzene rings is 1. The first-order chi connectivity index (χ1) is 10.1. The lowest BCUT2D eigenvalue weighted by molar-refractivity contribution is -0.139. The van der Waals surface area contributed by atoms with E-state index in [1.807, 2.05) is 12.1 Å². The van der Waals surface area contributed by atoms with Crippen LogP contribution < -0.4 is 5.32 Å². The van der Waals surface area contributed by atoms with Crippen molar-refractivity contribution in [2.45, 2.75) is 44.1 Å². The molecular weight excluding hydrogens is 266 g/mol. The molecule has 0 heterocycles. The van der Waals surface area contributed by atoms with Crippen LogP contribution in [0.2, 0.25) is 0 Å². The Labute approximate surface area is 124 Å². The van der Waals surface area contributed by atoms with Gasteiger partial charge in [-0.2, -0.15) is 0 Å². The lowest BCUT2D eigenvalue weighted by Crippen LogP contribution is -2.40. The predicted octanol–water partition coefficient (Wildman–Crippen LogP) is 3.10. The summed E-state index contributed by atoms with van der Waals surface area (Å²) in [4.78, 5) is 23.2. The minimum Gasteiger partial charge on any atom is -0.480 e. The van der Waals surface area contributed by atoms with E-state index in [9.17, 15) is 9.59 Å². The molecule has 4 nitrogen and oxygen atoms in total. The summed E-state index contributed by atoms with van der Waals surface area (Å²) in [5, 5.41) is 11.7. The molecule has 0 aliphatic heterocycles. The maximum atomic E-state index is 12.1. The van der Waals surface area contributed by atoms with Gasteiger partial charge in [0.15, 0.2) is 0 Å². The fraction of sp³-hybridized carbons (Fsp3) is 0.412. The van der Waals surface area contributed by atoms with Crippen LogP contribution in [0.1, 0.15) is 53.9 Å². The Morgan fingerprint density at radius 2 is 2.00 bits per heavy atom. The van der Waals surface area contributed by atoms with E-state index >= 15 is 0 Å². The fourth-order valence-corrected chi connectivity index (χ4v) is 2.43. The molecule has 0 radical (unpaired) electrons. The van der Waals surface area contributed by atoms with Crippen molar-refractivity contribution in [1.29, 1.82) is 0 Å². The molecule has 1 amide bonds. The van der Waals surface area contributed by atoms with Crippen molar-refractivity contribution in [2.75, 3.05) is 0 Å². The molecule has 112 valence electrons. The zero-order valence-electron chi connectivity index (χ0n) is 12.0. The van der Waals surface area contributed by atoms with E-state index in [0.717, 1.165) is 0 Å². The molecule has 21 heavy (non-hydrogen) atoms. The standard InChI is InChI=1S/C17H21NO3/c1-2-3-7-15(17(20)21)18-16(19)14-10-8-13(9-11-14)12-5-4-6-12/h2,8-12,15H,1,3-7H2,(H,18,19)(H,20,21). The summed E-state index contributed by atoms with van der Waals surface area (Å²) in [5.74, 6) is -0.732. The number of carboxylic acids is 1. The molecular formula is C17H21NO3. The second kappa shape index (κ2) is 7.07. The number of aliphatic carboxylic acids is 1. The van der Waals surface area contributed by atoms with Crippen LogP contribution in [-0.4, -0.2) is 23.0 Å². The van der Waals surface area contributed by atoms with E-state index in [0.29, 0.717) is 24.3 Å². The van der Waals surface area contributed by atoms with Crippen molar-refractivity contribution in [3.8, 4) is 0 Å². The highest BCUT2D eigenvalue weighted by molar-refractivity contribution is 5.96. The van der Waals surface area contributed by atoms with E-state index < -0.39 is 12.0 Å². The maximum absolute atomic E-state index is 12.1. The summed E-state index contributed by atoms with van der Waals surface area (Å²) >= 11 is 0. The first-order valence-corrected chi connectivity index (χ1v) is 7.36. The first-order valence-electron chi connectivity index (χ1n) is 7.36. The number of carbonyl (C=O) groups is 2. The van der Waals surface area contributed by atoms with Gasteiger partial charge in [-0.25, -0.2) is 4.79 Å². The number of hydrogen-bond donors (Lipinski definition) is 2. The summed E-state index contributed by atoms with van der Waals surface area (Å²) in [6.07, 6.45) is 6.26. The Morgan fingerprint density at radius 3 is 2.48 bits per heavy atom. The molecule has 1 aliphatic rings. The maximum Gasteiger partial charge on any atom is 0.326 e. The third kappa shape index (κ3) is 3.94. The van der Waals surface area contributed by atoms with Crippen molar-refractivity contribution in [1.82, 2.24) is 5.32 Å². The number of hydrogen-bond acceptors (Lipinski definition) is 2. The average molecular weight is 287 g/mol. The molecule has 1 atom stereocenters. The molecule has 1 unspecified atom stereocenters. The average Bonchev–Trinajstić information content (AvgIpc) is 2.41. The van der Waals surface area contributed by atoms with Gasteiger partial charge in [-0.05, 0) is 49.3 Å². The molecule has 4 heteroatoms. The highest BCUT2D eigenvalue weighted by Crippen LogP contribution is 2.36. The minimum atomic E-state index is -1.02. The first kappa shape index (κ1) is 15.3. The van der Waals surface area contributed by atoms with Gasteiger partial charge in [0.25, 0.3) is 5.91 Å². The van der Waals surface area contributed by atoms with Crippen LogP contribution in [0.4, 0.5) is 0 Å². The van der Waals surface area contributed by atoms with Crippen molar-refractivity contribution in [3.63, 3.8) is 0 Å². The third-order valence-corrected chi connectivity index (χ3v) is 4.01. The van der Waals surface area contributed by atoms with E-state index in [4.69, 9.17) is 5.11 Å². The van der Waals surface area contributed by atoms with Crippen LogP contribution in [0.3, 0.4) is 0 Å². The number of nitrogens with one attached hydrogen (secondary N) is 1. The molecule has 0 bridgehead atoms. The molecule has 2 rings (SSSR count). The van der Waals surface area contributed by atoms with Gasteiger partial charge in [-0.15, -0.1) is 6.58 Å². The van der Waals surface area contributed by atoms with E-state index in [1.54, 1.807) is 18.2 Å². The topological polar surface area (TPSA) is 66.4 Å². The molecule has 0 saturated heterocycles. The van der Waals surface area contributed by atoms with Gasteiger partial charge in [0.1, 0.15) is 6.04 Å². The number of allylic oxidation sites excluding steroid dienone is 1. The zero-order chi connectivity index (χ0) is 15.2. The van der Waals surface area contributed by atoms with Crippen LogP contribution in [0.25, 0.3) is 0 Å². The summed E-state index contributed by atoms with van der Waals surface area (Å²) in [5.41, 5.74) is 1.77. The number of carboxylic acid groups (broad SMARTS) is 1. The Balaban J connectivity index is 1.97. The number of carbonyl (C=O) groups excluding carboxylic acids is 1. The fourth-order valence-electron chi connectivity index (χ4n) is 2.43. The summed E-state index contributed by atoms with van der Waals surface area (Å²) in [6.45, 7) is 3.56. The van der Waals surface area contributed by atoms with E-state index in [1.165, 1.54) is 24.8 Å². The lowest BCUT2D eigenvalue weighted by atomic mass is 9.80. The molecule has 1 aromatic rings. The Bertz CT molecular complexity index is 517. The van der Waals surface area contributed by atoms with Crippen LogP contribution in [0.5, 0.6) is 0 Å². The second-order valence-electron chi connectivity index (χ2n) is 5.48. The molecule has 0 spiro atoms. The van der Waals surface area contributed by atoms with Crippen molar-refractivity contribution in [2.24, 2.45) is 0 Å². The van der Waals surface area contributed by atoms with Crippen LogP contribution >= 0.6 is 0 Å². The molecule has 1 aromatic carbocycles. The lowest BCUT2D eigenvalue weighted by Gasteiger charge is -2.25. The predicted molar refractivity (Wildman–Crippen MR) is 81.4 cm³/mol. The molecule has 2 N–H and O–H groups in total. The smallest absolute Gasteiger partial charge is 0.326 e. The van der Waals surface area contributed by atoms with Crippen LogP contribution in [-0.2, 0) is 4.79 Å². The van der Waals surface area contributed by atoms with Gasteiger partial charge in [0.05, 0.1) is 0 Å². The summed E-state index contributed by atoms with van der Waals surface area (Å²) < 4.78 is 0. The highest BCUT2D eigenvalue weighted by Gasteiger charge is 2.21. The van der Waals surface area contributed by atoms with E-state index in [2.05, 4.69) is 11.9 Å². The van der Waals surface area contributed by atoms with Crippen molar-refractivity contribution < 1.29 is 14.7 Å². The van der Waals surface area contributed by atoms with Gasteiger partial charge < -0.3 is 10.4 Å². The normalized spacial score (nSPS) is 15.8. The quantitative estimate of drug-likeness (QED) is 0.757. The Morgan fingerprint density at radius 1 is 1.33 bits per heavy atom. The largest absolute Gasteiger partial charge is 0.480 e. The second-order valence-corrected chi connectivity index (χ2v) is 5.48. The monoisotopic (exact) mass is 287 g/mol.